The highest BCUT2D eigenvalue weighted by Gasteiger charge is 2.17. The van der Waals surface area contributed by atoms with Gasteiger partial charge in [0.1, 0.15) is 0 Å². The third kappa shape index (κ3) is 2.24. The first-order valence-corrected chi connectivity index (χ1v) is 6.80. The van der Waals surface area contributed by atoms with E-state index in [0.29, 0.717) is 16.6 Å². The van der Waals surface area contributed by atoms with Crippen molar-refractivity contribution in [2.75, 3.05) is 5.75 Å². The average molecular weight is 298 g/mol. The van der Waals surface area contributed by atoms with Gasteiger partial charge in [-0.25, -0.2) is 9.78 Å². The number of aryl methyl sites for hydroxylation is 2. The summed E-state index contributed by atoms with van der Waals surface area (Å²) in [6, 6.07) is 0. The number of carboxylic acids is 1. The van der Waals surface area contributed by atoms with Gasteiger partial charge in [-0.15, -0.1) is 0 Å². The predicted molar refractivity (Wildman–Crippen MR) is 74.2 cm³/mol. The van der Waals surface area contributed by atoms with E-state index in [1.807, 2.05) is 0 Å². The molecule has 0 aliphatic heterocycles. The van der Waals surface area contributed by atoms with Crippen LogP contribution in [0.3, 0.4) is 0 Å². The van der Waals surface area contributed by atoms with Crippen LogP contribution in [0.4, 0.5) is 0 Å². The Hall–Kier alpha value is -2.03. The molecule has 0 saturated heterocycles. The molecule has 1 N–H and O–H groups in total. The van der Waals surface area contributed by atoms with Gasteiger partial charge in [-0.2, -0.15) is 0 Å². The van der Waals surface area contributed by atoms with E-state index in [2.05, 4.69) is 4.98 Å². The maximum Gasteiger partial charge on any atom is 0.332 e. The van der Waals surface area contributed by atoms with Crippen molar-refractivity contribution in [2.24, 2.45) is 21.1 Å². The molecule has 0 aromatic carbocycles. The number of hydrogen-bond acceptors (Lipinski definition) is 5. The summed E-state index contributed by atoms with van der Waals surface area (Å²) >= 11 is 1.24. The van der Waals surface area contributed by atoms with E-state index < -0.39 is 17.2 Å². The van der Waals surface area contributed by atoms with E-state index in [9.17, 15) is 14.4 Å². The van der Waals surface area contributed by atoms with Crippen molar-refractivity contribution in [1.82, 2.24) is 18.7 Å². The van der Waals surface area contributed by atoms with Crippen LogP contribution in [-0.2, 0) is 25.9 Å². The molecular formula is C11H14N4O4S. The molecule has 0 unspecified atom stereocenters. The minimum absolute atomic E-state index is 0.00477. The Morgan fingerprint density at radius 3 is 2.45 bits per heavy atom. The van der Waals surface area contributed by atoms with E-state index in [4.69, 9.17) is 5.11 Å². The monoisotopic (exact) mass is 298 g/mol. The molecular weight excluding hydrogens is 284 g/mol. The highest BCUT2D eigenvalue weighted by Crippen LogP contribution is 2.20. The normalized spacial score (nSPS) is 11.2. The van der Waals surface area contributed by atoms with Crippen LogP contribution < -0.4 is 11.2 Å². The lowest BCUT2D eigenvalue weighted by Crippen LogP contribution is -2.37. The van der Waals surface area contributed by atoms with Crippen LogP contribution in [-0.4, -0.2) is 35.5 Å². The van der Waals surface area contributed by atoms with Crippen LogP contribution in [0.15, 0.2) is 14.7 Å². The Morgan fingerprint density at radius 2 is 1.85 bits per heavy atom. The van der Waals surface area contributed by atoms with Gasteiger partial charge in [-0.05, 0) is 0 Å². The van der Waals surface area contributed by atoms with Crippen LogP contribution in [0.5, 0.6) is 0 Å². The molecule has 20 heavy (non-hydrogen) atoms. The number of thioether (sulfide) groups is 1. The molecule has 0 fully saturated rings. The van der Waals surface area contributed by atoms with E-state index in [-0.39, 0.29) is 11.9 Å². The summed E-state index contributed by atoms with van der Waals surface area (Å²) in [7, 11) is 4.66. The summed E-state index contributed by atoms with van der Waals surface area (Å²) in [6.07, 6.45) is 0.00477. The topological polar surface area (TPSA) is 99.1 Å². The molecule has 0 radical (unpaired) electrons. The van der Waals surface area contributed by atoms with Gasteiger partial charge in [0.05, 0.1) is 6.42 Å². The number of imidazole rings is 1. The van der Waals surface area contributed by atoms with Crippen LogP contribution >= 0.6 is 11.8 Å². The first-order valence-electron chi connectivity index (χ1n) is 5.81. The number of carbonyl (C=O) groups is 1. The second-order valence-electron chi connectivity index (χ2n) is 4.32. The fraction of sp³-hybridized carbons (Fsp3) is 0.455. The molecule has 2 heterocycles. The van der Waals surface area contributed by atoms with Gasteiger partial charge in [-0.3, -0.25) is 18.7 Å². The third-order valence-corrected chi connectivity index (χ3v) is 4.00. The van der Waals surface area contributed by atoms with Crippen molar-refractivity contribution >= 4 is 28.9 Å². The van der Waals surface area contributed by atoms with E-state index in [0.717, 1.165) is 4.57 Å². The van der Waals surface area contributed by atoms with E-state index in [1.165, 1.54) is 23.4 Å². The Morgan fingerprint density at radius 1 is 1.20 bits per heavy atom. The van der Waals surface area contributed by atoms with E-state index in [1.54, 1.807) is 18.7 Å². The summed E-state index contributed by atoms with van der Waals surface area (Å²) < 4.78 is 3.98. The predicted octanol–water partition coefficient (Wildman–Crippen LogP) is -0.463. The van der Waals surface area contributed by atoms with Crippen LogP contribution in [0.1, 0.15) is 6.42 Å². The van der Waals surface area contributed by atoms with Gasteiger partial charge in [0.2, 0.25) is 0 Å². The lowest BCUT2D eigenvalue weighted by atomic mass is 10.5. The number of aliphatic carboxylic acids is 1. The number of nitrogens with zero attached hydrogens (tertiary/aromatic N) is 4. The minimum Gasteiger partial charge on any atom is -0.481 e. The van der Waals surface area contributed by atoms with Gasteiger partial charge in [0.25, 0.3) is 5.56 Å². The molecule has 108 valence electrons. The molecule has 0 saturated carbocycles. The summed E-state index contributed by atoms with van der Waals surface area (Å²) in [5.41, 5.74) is -0.248. The van der Waals surface area contributed by atoms with Crippen LogP contribution in [0.25, 0.3) is 11.2 Å². The smallest absolute Gasteiger partial charge is 0.332 e. The second kappa shape index (κ2) is 5.16. The van der Waals surface area contributed by atoms with Gasteiger partial charge in [0.15, 0.2) is 16.3 Å². The maximum atomic E-state index is 12.0. The molecule has 2 aromatic heterocycles. The lowest BCUT2D eigenvalue weighted by Gasteiger charge is -2.05. The zero-order valence-electron chi connectivity index (χ0n) is 11.3. The molecule has 2 aromatic rings. The third-order valence-electron chi connectivity index (χ3n) is 2.97. The lowest BCUT2D eigenvalue weighted by molar-refractivity contribution is -0.136. The van der Waals surface area contributed by atoms with Gasteiger partial charge < -0.3 is 9.67 Å². The van der Waals surface area contributed by atoms with Crippen molar-refractivity contribution in [2.45, 2.75) is 11.6 Å². The minimum atomic E-state index is -0.889. The molecule has 0 aliphatic rings. The summed E-state index contributed by atoms with van der Waals surface area (Å²) in [6.45, 7) is 0. The Labute approximate surface area is 117 Å². The van der Waals surface area contributed by atoms with Crippen LogP contribution in [0, 0.1) is 0 Å². The number of hydrogen-bond donors (Lipinski definition) is 1. The number of aromatic nitrogens is 4. The summed E-state index contributed by atoms with van der Waals surface area (Å²) in [4.78, 5) is 38.6. The van der Waals surface area contributed by atoms with Gasteiger partial charge >= 0.3 is 11.7 Å². The number of fused-ring (bicyclic) bond motifs is 1. The largest absolute Gasteiger partial charge is 0.481 e. The Bertz CT molecular complexity index is 801. The fourth-order valence-electron chi connectivity index (χ4n) is 1.92. The van der Waals surface area contributed by atoms with E-state index >= 15 is 0 Å². The highest BCUT2D eigenvalue weighted by atomic mass is 32.2. The molecule has 0 bridgehead atoms. The standard InChI is InChI=1S/C11H14N4O4S/c1-13-8-7(9(18)15(3)11(19)14(8)2)12-10(13)20-5-4-6(16)17/h4-5H2,1-3H3,(H,16,17). The molecule has 0 spiro atoms. The van der Waals surface area contributed by atoms with Crippen molar-refractivity contribution in [3.63, 3.8) is 0 Å². The van der Waals surface area contributed by atoms with Crippen LogP contribution in [0.2, 0.25) is 0 Å². The number of rotatable bonds is 4. The zero-order chi connectivity index (χ0) is 15.0. The van der Waals surface area contributed by atoms with Crippen molar-refractivity contribution in [3.05, 3.63) is 20.8 Å². The van der Waals surface area contributed by atoms with Crippen molar-refractivity contribution in [3.8, 4) is 0 Å². The zero-order valence-corrected chi connectivity index (χ0v) is 12.1. The molecule has 0 aliphatic carbocycles. The Balaban J connectivity index is 2.56. The van der Waals surface area contributed by atoms with Gasteiger partial charge in [0, 0.05) is 26.9 Å². The summed E-state index contributed by atoms with van der Waals surface area (Å²) in [5.74, 6) is -0.541. The Kier molecular flexibility index (Phi) is 3.71. The molecule has 2 rings (SSSR count). The fourth-order valence-corrected chi connectivity index (χ4v) is 2.81. The average Bonchev–Trinajstić information content (AvgIpc) is 2.71. The summed E-state index contributed by atoms with van der Waals surface area (Å²) in [5, 5.41) is 9.14. The highest BCUT2D eigenvalue weighted by molar-refractivity contribution is 7.99. The van der Waals surface area contributed by atoms with Gasteiger partial charge in [-0.1, -0.05) is 11.8 Å². The quantitative estimate of drug-likeness (QED) is 0.767. The van der Waals surface area contributed by atoms with Crippen molar-refractivity contribution in [1.29, 1.82) is 0 Å². The molecule has 9 heteroatoms. The second-order valence-corrected chi connectivity index (χ2v) is 5.39. The number of carboxylic acid groups (broad SMARTS) is 1. The molecule has 0 atom stereocenters. The molecule has 8 nitrogen and oxygen atoms in total. The maximum absolute atomic E-state index is 12.0. The SMILES string of the molecule is Cn1c(=O)c2nc(SCCC(=O)O)n(C)c2n(C)c1=O. The molecule has 0 amide bonds. The van der Waals surface area contributed by atoms with Crippen molar-refractivity contribution < 1.29 is 9.90 Å². The first-order chi connectivity index (χ1) is 9.34. The first kappa shape index (κ1) is 14.4.